The predicted octanol–water partition coefficient (Wildman–Crippen LogP) is 1.80. The molecule has 0 radical (unpaired) electrons. The maximum absolute atomic E-state index is 12.1. The summed E-state index contributed by atoms with van der Waals surface area (Å²) in [5, 5.41) is 0. The van der Waals surface area contributed by atoms with Crippen molar-refractivity contribution in [3.05, 3.63) is 23.3 Å². The first-order chi connectivity index (χ1) is 8.19. The molecule has 0 aliphatic rings. The molecule has 2 N–H and O–H groups in total. The van der Waals surface area contributed by atoms with E-state index in [0.29, 0.717) is 36.4 Å². The third-order valence-electron chi connectivity index (χ3n) is 2.68. The van der Waals surface area contributed by atoms with E-state index < -0.39 is 0 Å². The van der Waals surface area contributed by atoms with Crippen molar-refractivity contribution in [2.45, 2.75) is 19.8 Å². The monoisotopic (exact) mass is 237 g/mol. The molecule has 0 unspecified atom stereocenters. The fourth-order valence-electron chi connectivity index (χ4n) is 1.88. The van der Waals surface area contributed by atoms with Crippen LogP contribution < -0.4 is 15.2 Å². The Balaban J connectivity index is 3.34. The summed E-state index contributed by atoms with van der Waals surface area (Å²) in [5.74, 6) is 1.30. The first-order valence-corrected chi connectivity index (χ1v) is 5.66. The number of hydrogen-bond donors (Lipinski definition) is 1. The molecule has 1 aromatic rings. The SMILES string of the molecule is CCc1c(OC)ccc(OC)c1C(=O)CCN. The maximum Gasteiger partial charge on any atom is 0.168 e. The van der Waals surface area contributed by atoms with Gasteiger partial charge in [0.1, 0.15) is 11.5 Å². The summed E-state index contributed by atoms with van der Waals surface area (Å²) in [4.78, 5) is 12.1. The average molecular weight is 237 g/mol. The lowest BCUT2D eigenvalue weighted by Gasteiger charge is -2.15. The normalized spacial score (nSPS) is 10.1. The smallest absolute Gasteiger partial charge is 0.168 e. The second-order valence-corrected chi connectivity index (χ2v) is 3.64. The van der Waals surface area contributed by atoms with E-state index in [1.807, 2.05) is 13.0 Å². The Kier molecular flexibility index (Phi) is 4.97. The number of hydrogen-bond acceptors (Lipinski definition) is 4. The summed E-state index contributed by atoms with van der Waals surface area (Å²) < 4.78 is 10.5. The van der Waals surface area contributed by atoms with Crippen molar-refractivity contribution in [2.24, 2.45) is 5.73 Å². The third kappa shape index (κ3) is 2.77. The molecule has 0 amide bonds. The molecule has 0 saturated heterocycles. The number of Topliss-reactive ketones (excluding diaryl/α,β-unsaturated/α-hetero) is 1. The van der Waals surface area contributed by atoms with Crippen LogP contribution >= 0.6 is 0 Å². The number of ether oxygens (including phenoxy) is 2. The van der Waals surface area contributed by atoms with Crippen molar-refractivity contribution in [3.63, 3.8) is 0 Å². The van der Waals surface area contributed by atoms with Crippen LogP contribution in [0.25, 0.3) is 0 Å². The Morgan fingerprint density at radius 2 is 1.82 bits per heavy atom. The van der Waals surface area contributed by atoms with E-state index in [4.69, 9.17) is 15.2 Å². The number of carbonyl (C=O) groups is 1. The molecule has 0 atom stereocenters. The highest BCUT2D eigenvalue weighted by molar-refractivity contribution is 6.00. The van der Waals surface area contributed by atoms with Crippen LogP contribution in [-0.2, 0) is 6.42 Å². The zero-order valence-electron chi connectivity index (χ0n) is 10.6. The summed E-state index contributed by atoms with van der Waals surface area (Å²) >= 11 is 0. The molecule has 17 heavy (non-hydrogen) atoms. The second-order valence-electron chi connectivity index (χ2n) is 3.64. The van der Waals surface area contributed by atoms with Crippen molar-refractivity contribution < 1.29 is 14.3 Å². The molecule has 4 nitrogen and oxygen atoms in total. The Morgan fingerprint density at radius 1 is 1.24 bits per heavy atom. The van der Waals surface area contributed by atoms with Crippen molar-refractivity contribution in [1.82, 2.24) is 0 Å². The van der Waals surface area contributed by atoms with Gasteiger partial charge in [0.15, 0.2) is 5.78 Å². The summed E-state index contributed by atoms with van der Waals surface area (Å²) in [6, 6.07) is 3.57. The van der Waals surface area contributed by atoms with Crippen molar-refractivity contribution in [1.29, 1.82) is 0 Å². The fourth-order valence-corrected chi connectivity index (χ4v) is 1.88. The lowest BCUT2D eigenvalue weighted by atomic mass is 9.97. The van der Waals surface area contributed by atoms with E-state index in [1.165, 1.54) is 0 Å². The highest BCUT2D eigenvalue weighted by atomic mass is 16.5. The van der Waals surface area contributed by atoms with Gasteiger partial charge in [-0.1, -0.05) is 6.92 Å². The number of rotatable bonds is 6. The molecular weight excluding hydrogens is 218 g/mol. The largest absolute Gasteiger partial charge is 0.496 e. The van der Waals surface area contributed by atoms with Gasteiger partial charge < -0.3 is 15.2 Å². The highest BCUT2D eigenvalue weighted by Gasteiger charge is 2.19. The van der Waals surface area contributed by atoms with E-state index in [9.17, 15) is 4.79 Å². The van der Waals surface area contributed by atoms with Crippen LogP contribution in [-0.4, -0.2) is 26.5 Å². The zero-order chi connectivity index (χ0) is 12.8. The molecule has 0 aliphatic heterocycles. The summed E-state index contributed by atoms with van der Waals surface area (Å²) in [5.41, 5.74) is 6.90. The van der Waals surface area contributed by atoms with Crippen LogP contribution in [0.2, 0.25) is 0 Å². The van der Waals surface area contributed by atoms with Gasteiger partial charge in [0.05, 0.1) is 19.8 Å². The van der Waals surface area contributed by atoms with Gasteiger partial charge in [0, 0.05) is 12.0 Å². The quantitative estimate of drug-likeness (QED) is 0.766. The number of nitrogens with two attached hydrogens (primary N) is 1. The molecule has 0 heterocycles. The average Bonchev–Trinajstić information content (AvgIpc) is 2.36. The maximum atomic E-state index is 12.1. The zero-order valence-corrected chi connectivity index (χ0v) is 10.6. The van der Waals surface area contributed by atoms with Crippen molar-refractivity contribution >= 4 is 5.78 Å². The van der Waals surface area contributed by atoms with E-state index in [1.54, 1.807) is 20.3 Å². The Bertz CT molecular complexity index is 402. The Morgan fingerprint density at radius 3 is 2.29 bits per heavy atom. The lowest BCUT2D eigenvalue weighted by molar-refractivity contribution is 0.0981. The van der Waals surface area contributed by atoms with Crippen molar-refractivity contribution in [2.75, 3.05) is 20.8 Å². The minimum absolute atomic E-state index is 0.0000926. The van der Waals surface area contributed by atoms with Gasteiger partial charge in [0.2, 0.25) is 0 Å². The summed E-state index contributed by atoms with van der Waals surface area (Å²) in [7, 11) is 3.15. The second kappa shape index (κ2) is 6.25. The molecule has 0 aromatic heterocycles. The minimum Gasteiger partial charge on any atom is -0.496 e. The summed E-state index contributed by atoms with van der Waals surface area (Å²) in [6.07, 6.45) is 1.03. The number of benzene rings is 1. The standard InChI is InChI=1S/C13H19NO3/c1-4-9-11(16-2)5-6-12(17-3)13(9)10(15)7-8-14/h5-6H,4,7-8,14H2,1-3H3. The van der Waals surface area contributed by atoms with E-state index in [0.717, 1.165) is 5.56 Å². The van der Waals surface area contributed by atoms with E-state index in [-0.39, 0.29) is 5.78 Å². The van der Waals surface area contributed by atoms with Crippen molar-refractivity contribution in [3.8, 4) is 11.5 Å². The molecule has 94 valence electrons. The first-order valence-electron chi connectivity index (χ1n) is 5.66. The molecule has 0 fully saturated rings. The van der Waals surface area contributed by atoms with Crippen LogP contribution in [0.3, 0.4) is 0 Å². The Labute approximate surface area is 102 Å². The fraction of sp³-hybridized carbons (Fsp3) is 0.462. The van der Waals surface area contributed by atoms with E-state index in [2.05, 4.69) is 0 Å². The van der Waals surface area contributed by atoms with Gasteiger partial charge in [-0.2, -0.15) is 0 Å². The molecule has 0 saturated carbocycles. The first kappa shape index (κ1) is 13.5. The molecule has 0 spiro atoms. The number of ketones is 1. The number of carbonyl (C=O) groups excluding carboxylic acids is 1. The molecule has 0 aliphatic carbocycles. The third-order valence-corrected chi connectivity index (χ3v) is 2.68. The number of methoxy groups -OCH3 is 2. The minimum atomic E-state index is 0.0000926. The lowest BCUT2D eigenvalue weighted by Crippen LogP contribution is -2.12. The van der Waals surface area contributed by atoms with Crippen LogP contribution in [0.1, 0.15) is 29.3 Å². The van der Waals surface area contributed by atoms with Gasteiger partial charge in [-0.05, 0) is 25.1 Å². The molecule has 0 bridgehead atoms. The van der Waals surface area contributed by atoms with Crippen LogP contribution in [0.15, 0.2) is 12.1 Å². The van der Waals surface area contributed by atoms with Crippen LogP contribution in [0, 0.1) is 0 Å². The highest BCUT2D eigenvalue weighted by Crippen LogP contribution is 2.31. The van der Waals surface area contributed by atoms with Crippen LogP contribution in [0.4, 0.5) is 0 Å². The Hall–Kier alpha value is -1.55. The molecule has 1 aromatic carbocycles. The van der Waals surface area contributed by atoms with Gasteiger partial charge in [-0.3, -0.25) is 4.79 Å². The topological polar surface area (TPSA) is 61.5 Å². The van der Waals surface area contributed by atoms with E-state index >= 15 is 0 Å². The molecular formula is C13H19NO3. The predicted molar refractivity (Wildman–Crippen MR) is 66.9 cm³/mol. The van der Waals surface area contributed by atoms with Gasteiger partial charge in [0.25, 0.3) is 0 Å². The van der Waals surface area contributed by atoms with Gasteiger partial charge in [-0.15, -0.1) is 0 Å². The molecule has 4 heteroatoms. The molecule has 1 rings (SSSR count). The van der Waals surface area contributed by atoms with Gasteiger partial charge in [-0.25, -0.2) is 0 Å². The summed E-state index contributed by atoms with van der Waals surface area (Å²) in [6.45, 7) is 2.32. The van der Waals surface area contributed by atoms with Gasteiger partial charge >= 0.3 is 0 Å². The van der Waals surface area contributed by atoms with Crippen LogP contribution in [0.5, 0.6) is 11.5 Å².